The van der Waals surface area contributed by atoms with Crippen LogP contribution in [0.4, 0.5) is 4.79 Å². The van der Waals surface area contributed by atoms with Gasteiger partial charge in [0.2, 0.25) is 0 Å². The van der Waals surface area contributed by atoms with Crippen LogP contribution in [0.5, 0.6) is 0 Å². The molecule has 0 aromatic heterocycles. The Morgan fingerprint density at radius 3 is 2.00 bits per heavy atom. The quantitative estimate of drug-likeness (QED) is 0.755. The molecule has 2 aliphatic carbocycles. The first-order valence-electron chi connectivity index (χ1n) is 6.44. The van der Waals surface area contributed by atoms with Crippen LogP contribution in [-0.4, -0.2) is 22.8 Å². The summed E-state index contributed by atoms with van der Waals surface area (Å²) >= 11 is 0. The molecule has 6 heteroatoms. The van der Waals surface area contributed by atoms with Gasteiger partial charge >= 0.3 is 12.1 Å². The predicted molar refractivity (Wildman–Crippen MR) is 80.1 cm³/mol. The molecule has 0 saturated heterocycles. The molecule has 0 saturated carbocycles. The van der Waals surface area contributed by atoms with Gasteiger partial charge in [-0.25, -0.2) is 9.59 Å². The average Bonchev–Trinajstić information content (AvgIpc) is 2.98. The summed E-state index contributed by atoms with van der Waals surface area (Å²) in [6, 6.07) is 0. The Kier molecular flexibility index (Phi) is 8.53. The van der Waals surface area contributed by atoms with Crippen LogP contribution >= 0.6 is 0 Å². The molecule has 0 aromatic carbocycles. The Hall–Kier alpha value is -1.78. The number of aliphatic carboxylic acids is 1. The summed E-state index contributed by atoms with van der Waals surface area (Å²) in [7, 11) is 0. The fraction of sp³-hybridized carbons (Fsp3) is 0.250. The summed E-state index contributed by atoms with van der Waals surface area (Å²) in [5.41, 5.74) is 0.663. The van der Waals surface area contributed by atoms with E-state index in [1.165, 1.54) is 0 Å². The van der Waals surface area contributed by atoms with Gasteiger partial charge in [0.05, 0.1) is 0 Å². The summed E-state index contributed by atoms with van der Waals surface area (Å²) in [4.78, 5) is 21.3. The van der Waals surface area contributed by atoms with E-state index in [4.69, 9.17) is 9.84 Å². The molecule has 2 N–H and O–H groups in total. The Balaban J connectivity index is 0.000000423. The topological polar surface area (TPSA) is 75.6 Å². The van der Waals surface area contributed by atoms with Crippen LogP contribution in [-0.2, 0) is 26.6 Å². The predicted octanol–water partition coefficient (Wildman–Crippen LogP) is 2.94. The van der Waals surface area contributed by atoms with Gasteiger partial charge in [0.1, 0.15) is 5.60 Å². The molecule has 0 atom stereocenters. The van der Waals surface area contributed by atoms with Crippen molar-refractivity contribution in [2.24, 2.45) is 0 Å². The molecule has 1 amide bonds. The van der Waals surface area contributed by atoms with Crippen molar-refractivity contribution in [1.29, 1.82) is 0 Å². The molecule has 0 bridgehead atoms. The third-order valence-corrected chi connectivity index (χ3v) is 2.22. The summed E-state index contributed by atoms with van der Waals surface area (Å²) in [5.74, 6) is -0.866. The van der Waals surface area contributed by atoms with E-state index in [9.17, 15) is 9.59 Å². The van der Waals surface area contributed by atoms with Crippen molar-refractivity contribution in [3.05, 3.63) is 60.6 Å². The Bertz CT molecular complexity index is 525. The van der Waals surface area contributed by atoms with Crippen molar-refractivity contribution in [3.63, 3.8) is 0 Å². The van der Waals surface area contributed by atoms with Gasteiger partial charge in [0.25, 0.3) is 0 Å². The summed E-state index contributed by atoms with van der Waals surface area (Å²) < 4.78 is 5.06. The number of ether oxygens (including phenoxy) is 1. The van der Waals surface area contributed by atoms with Gasteiger partial charge in [-0.15, -0.1) is 0 Å². The molecule has 0 aromatic rings. The number of amides is 1. The van der Waals surface area contributed by atoms with Crippen molar-refractivity contribution in [2.75, 3.05) is 0 Å². The second kappa shape index (κ2) is 9.28. The second-order valence-electron chi connectivity index (χ2n) is 5.28. The smallest absolute Gasteiger partial charge is 0.411 e. The van der Waals surface area contributed by atoms with Gasteiger partial charge in [0.15, 0.2) is 0 Å². The maximum absolute atomic E-state index is 11.2. The largest absolute Gasteiger partial charge is 0.478 e. The number of alkyl carbamates (subject to hydrolysis) is 1. The van der Waals surface area contributed by atoms with E-state index in [1.807, 2.05) is 45.4 Å². The van der Waals surface area contributed by atoms with Crippen molar-refractivity contribution >= 4 is 12.1 Å². The van der Waals surface area contributed by atoms with Crippen LogP contribution < -0.4 is 5.32 Å². The van der Waals surface area contributed by atoms with Gasteiger partial charge in [-0.2, -0.15) is 0 Å². The average molecular weight is 345 g/mol. The minimum atomic E-state index is -0.866. The molecule has 2 radical (unpaired) electrons. The van der Waals surface area contributed by atoms with Gasteiger partial charge in [-0.1, -0.05) is 30.4 Å². The van der Waals surface area contributed by atoms with E-state index in [2.05, 4.69) is 5.32 Å². The molecule has 2 rings (SSSR count). The van der Waals surface area contributed by atoms with Gasteiger partial charge in [-0.3, -0.25) is 5.32 Å². The first-order valence-corrected chi connectivity index (χ1v) is 6.44. The maximum Gasteiger partial charge on any atom is 0.411 e. The first kappa shape index (κ1) is 20.2. The monoisotopic (exact) mass is 345 g/mol. The fourth-order valence-electron chi connectivity index (χ4n) is 1.40. The van der Waals surface area contributed by atoms with Gasteiger partial charge < -0.3 is 9.84 Å². The number of nitrogens with one attached hydrogen (secondary N) is 1. The zero-order valence-electron chi connectivity index (χ0n) is 12.6. The van der Waals surface area contributed by atoms with Crippen molar-refractivity contribution in [1.82, 2.24) is 5.32 Å². The molecule has 2 aliphatic rings. The standard InChI is InChI=1S/C10H14NO2.C6H5O2.Fe/c1-10(2,3)13-9(12)11-8-6-4-5-7-8;7-6(8)5-3-1-2-4-5;/h4-7H,1-3H3,(H,11,12);1-4H,(H,7,8);. The van der Waals surface area contributed by atoms with Gasteiger partial charge in [0, 0.05) is 41.2 Å². The molecule has 5 nitrogen and oxygen atoms in total. The van der Waals surface area contributed by atoms with Crippen LogP contribution in [0.25, 0.3) is 0 Å². The number of hydrogen-bond acceptors (Lipinski definition) is 3. The molecular formula is C16H19FeNO4. The normalized spacial score (nSPS) is 15.0. The zero-order valence-corrected chi connectivity index (χ0v) is 13.7. The Morgan fingerprint density at radius 2 is 1.64 bits per heavy atom. The summed E-state index contributed by atoms with van der Waals surface area (Å²) in [5, 5.41) is 10.9. The molecule has 0 unspecified atom stereocenters. The molecule has 0 heterocycles. The third-order valence-electron chi connectivity index (χ3n) is 2.22. The number of carbonyl (C=O) groups excluding carboxylic acids is 1. The SMILES string of the molecule is CC(C)(C)OC(=O)NC1=CC=C[CH]1.O=C(O)C1=CC=C[CH]1.[Fe]. The van der Waals surface area contributed by atoms with E-state index in [-0.39, 0.29) is 17.1 Å². The third kappa shape index (κ3) is 8.49. The summed E-state index contributed by atoms with van der Waals surface area (Å²) in [6.07, 6.45) is 13.4. The van der Waals surface area contributed by atoms with Crippen molar-refractivity contribution < 1.29 is 36.5 Å². The summed E-state index contributed by atoms with van der Waals surface area (Å²) in [6.45, 7) is 5.49. The molecule has 22 heavy (non-hydrogen) atoms. The van der Waals surface area contributed by atoms with E-state index in [0.29, 0.717) is 5.57 Å². The molecular weight excluding hydrogens is 326 g/mol. The minimum Gasteiger partial charge on any atom is -0.478 e. The van der Waals surface area contributed by atoms with E-state index < -0.39 is 17.7 Å². The van der Waals surface area contributed by atoms with Crippen LogP contribution in [0.15, 0.2) is 47.7 Å². The van der Waals surface area contributed by atoms with E-state index >= 15 is 0 Å². The number of carbonyl (C=O) groups is 2. The molecule has 120 valence electrons. The molecule has 0 aliphatic heterocycles. The number of carboxylic acids is 1. The van der Waals surface area contributed by atoms with Crippen molar-refractivity contribution in [3.8, 4) is 0 Å². The maximum atomic E-state index is 11.2. The number of allylic oxidation sites excluding steroid dienone is 6. The van der Waals surface area contributed by atoms with Crippen LogP contribution in [0, 0.1) is 12.8 Å². The Morgan fingerprint density at radius 1 is 1.05 bits per heavy atom. The number of carboxylic acid groups (broad SMARTS) is 1. The van der Waals surface area contributed by atoms with E-state index in [0.717, 1.165) is 5.70 Å². The van der Waals surface area contributed by atoms with E-state index in [1.54, 1.807) is 24.6 Å². The number of rotatable bonds is 2. The minimum absolute atomic E-state index is 0. The first-order chi connectivity index (χ1) is 9.78. The number of hydrogen-bond donors (Lipinski definition) is 2. The fourth-order valence-corrected chi connectivity index (χ4v) is 1.40. The Labute approximate surface area is 141 Å². The molecule has 0 spiro atoms. The second-order valence-corrected chi connectivity index (χ2v) is 5.28. The van der Waals surface area contributed by atoms with Crippen LogP contribution in [0.3, 0.4) is 0 Å². The van der Waals surface area contributed by atoms with Gasteiger partial charge in [-0.05, 0) is 26.8 Å². The van der Waals surface area contributed by atoms with Crippen LogP contribution in [0.1, 0.15) is 20.8 Å². The van der Waals surface area contributed by atoms with Crippen molar-refractivity contribution in [2.45, 2.75) is 26.4 Å². The zero-order chi connectivity index (χ0) is 15.9. The van der Waals surface area contributed by atoms with Crippen LogP contribution in [0.2, 0.25) is 0 Å². The molecule has 0 fully saturated rings.